The van der Waals surface area contributed by atoms with Gasteiger partial charge in [0.15, 0.2) is 0 Å². The molecular weight excluding hydrogens is 242 g/mol. The Morgan fingerprint density at radius 3 is 2.74 bits per heavy atom. The number of piperidine rings is 1. The Morgan fingerprint density at radius 2 is 2.05 bits per heavy atom. The van der Waals surface area contributed by atoms with Crippen molar-refractivity contribution in [3.8, 4) is 0 Å². The molecule has 0 bridgehead atoms. The van der Waals surface area contributed by atoms with Crippen LogP contribution < -0.4 is 0 Å². The zero-order valence-corrected chi connectivity index (χ0v) is 10.9. The molecule has 1 atom stereocenters. The molecule has 0 saturated carbocycles. The van der Waals surface area contributed by atoms with Crippen LogP contribution in [0.4, 0.5) is 0 Å². The second-order valence-electron chi connectivity index (χ2n) is 5.07. The van der Waals surface area contributed by atoms with Crippen LogP contribution in [0.15, 0.2) is 30.3 Å². The maximum Gasteiger partial charge on any atom is 0.303 e. The molecule has 1 aromatic carbocycles. The van der Waals surface area contributed by atoms with Gasteiger partial charge < -0.3 is 5.11 Å². The number of aliphatic carboxylic acids is 1. The molecular formula is C15H19NO3. The molecule has 0 amide bonds. The van der Waals surface area contributed by atoms with Crippen molar-refractivity contribution in [3.05, 3.63) is 35.9 Å². The summed E-state index contributed by atoms with van der Waals surface area (Å²) in [6, 6.07) is 10.1. The number of benzene rings is 1. The number of hydrogen-bond donors (Lipinski definition) is 1. The van der Waals surface area contributed by atoms with Gasteiger partial charge in [-0.15, -0.1) is 0 Å². The van der Waals surface area contributed by atoms with Crippen molar-refractivity contribution in [2.24, 2.45) is 5.92 Å². The van der Waals surface area contributed by atoms with Gasteiger partial charge in [-0.3, -0.25) is 14.5 Å². The standard InChI is InChI=1S/C15H19NO3/c17-14-8-9-16(10-12-4-2-1-3-5-12)11-13(14)6-7-15(18)19/h1-5,13H,6-11H2,(H,18,19). The monoisotopic (exact) mass is 261 g/mol. The highest BCUT2D eigenvalue weighted by atomic mass is 16.4. The number of ketones is 1. The first kappa shape index (κ1) is 13.7. The van der Waals surface area contributed by atoms with Gasteiger partial charge in [-0.2, -0.15) is 0 Å². The van der Waals surface area contributed by atoms with Crippen molar-refractivity contribution in [3.63, 3.8) is 0 Å². The Bertz CT molecular complexity index is 444. The third-order valence-electron chi connectivity index (χ3n) is 3.56. The van der Waals surface area contributed by atoms with Crippen molar-refractivity contribution in [2.75, 3.05) is 13.1 Å². The summed E-state index contributed by atoms with van der Waals surface area (Å²) < 4.78 is 0. The Kier molecular flexibility index (Phi) is 4.68. The zero-order chi connectivity index (χ0) is 13.7. The van der Waals surface area contributed by atoms with E-state index >= 15 is 0 Å². The minimum absolute atomic E-state index is 0.0790. The van der Waals surface area contributed by atoms with Gasteiger partial charge in [-0.05, 0) is 12.0 Å². The lowest BCUT2D eigenvalue weighted by Gasteiger charge is -2.31. The fraction of sp³-hybridized carbons (Fsp3) is 0.467. The maximum atomic E-state index is 11.8. The average Bonchev–Trinajstić information content (AvgIpc) is 2.40. The highest BCUT2D eigenvalue weighted by Crippen LogP contribution is 2.19. The summed E-state index contributed by atoms with van der Waals surface area (Å²) in [4.78, 5) is 24.6. The van der Waals surface area contributed by atoms with Crippen LogP contribution in [0.2, 0.25) is 0 Å². The van der Waals surface area contributed by atoms with E-state index in [0.29, 0.717) is 19.4 Å². The van der Waals surface area contributed by atoms with E-state index in [1.807, 2.05) is 18.2 Å². The summed E-state index contributed by atoms with van der Waals surface area (Å²) in [5, 5.41) is 8.71. The second-order valence-corrected chi connectivity index (χ2v) is 5.07. The number of likely N-dealkylation sites (tertiary alicyclic amines) is 1. The van der Waals surface area contributed by atoms with E-state index in [1.54, 1.807) is 0 Å². The normalized spacial score (nSPS) is 20.4. The van der Waals surface area contributed by atoms with Crippen LogP contribution in [0.3, 0.4) is 0 Å². The van der Waals surface area contributed by atoms with Crippen molar-refractivity contribution in [1.29, 1.82) is 0 Å². The first-order chi connectivity index (χ1) is 9.15. The molecule has 4 nitrogen and oxygen atoms in total. The summed E-state index contributed by atoms with van der Waals surface area (Å²) in [7, 11) is 0. The molecule has 1 aliphatic heterocycles. The number of rotatable bonds is 5. The maximum absolute atomic E-state index is 11.8. The summed E-state index contributed by atoms with van der Waals surface area (Å²) in [6.07, 6.45) is 1.08. The smallest absolute Gasteiger partial charge is 0.303 e. The highest BCUT2D eigenvalue weighted by Gasteiger charge is 2.27. The molecule has 1 heterocycles. The van der Waals surface area contributed by atoms with Gasteiger partial charge in [0.25, 0.3) is 0 Å². The Balaban J connectivity index is 1.89. The molecule has 1 saturated heterocycles. The van der Waals surface area contributed by atoms with Gasteiger partial charge in [0.1, 0.15) is 5.78 Å². The number of nitrogens with zero attached hydrogens (tertiary/aromatic N) is 1. The highest BCUT2D eigenvalue weighted by molar-refractivity contribution is 5.82. The van der Waals surface area contributed by atoms with Crippen LogP contribution in [0, 0.1) is 5.92 Å². The lowest BCUT2D eigenvalue weighted by Crippen LogP contribution is -2.40. The van der Waals surface area contributed by atoms with Gasteiger partial charge >= 0.3 is 5.97 Å². The minimum atomic E-state index is -0.826. The Hall–Kier alpha value is -1.68. The SMILES string of the molecule is O=C(O)CCC1CN(Cc2ccccc2)CCC1=O. The molecule has 1 aromatic rings. The molecule has 19 heavy (non-hydrogen) atoms. The van der Waals surface area contributed by atoms with Crippen LogP contribution in [0.25, 0.3) is 0 Å². The molecule has 1 fully saturated rings. The van der Waals surface area contributed by atoms with E-state index in [0.717, 1.165) is 13.1 Å². The number of carboxylic acid groups (broad SMARTS) is 1. The summed E-state index contributed by atoms with van der Waals surface area (Å²) in [5.74, 6) is -0.730. The third kappa shape index (κ3) is 4.17. The van der Waals surface area contributed by atoms with E-state index in [1.165, 1.54) is 5.56 Å². The van der Waals surface area contributed by atoms with Crippen LogP contribution in [0.5, 0.6) is 0 Å². The van der Waals surface area contributed by atoms with Gasteiger partial charge in [0, 0.05) is 38.4 Å². The fourth-order valence-corrected chi connectivity index (χ4v) is 2.51. The largest absolute Gasteiger partial charge is 0.481 e. The van der Waals surface area contributed by atoms with Crippen molar-refractivity contribution in [1.82, 2.24) is 4.90 Å². The Labute approximate surface area is 113 Å². The van der Waals surface area contributed by atoms with E-state index in [-0.39, 0.29) is 18.1 Å². The summed E-state index contributed by atoms with van der Waals surface area (Å²) in [6.45, 7) is 2.29. The molecule has 0 aliphatic carbocycles. The summed E-state index contributed by atoms with van der Waals surface area (Å²) in [5.41, 5.74) is 1.23. The Morgan fingerprint density at radius 1 is 1.32 bits per heavy atom. The third-order valence-corrected chi connectivity index (χ3v) is 3.56. The molecule has 0 radical (unpaired) electrons. The molecule has 1 unspecified atom stereocenters. The lowest BCUT2D eigenvalue weighted by atomic mass is 9.92. The zero-order valence-electron chi connectivity index (χ0n) is 10.9. The summed E-state index contributed by atoms with van der Waals surface area (Å²) >= 11 is 0. The second kappa shape index (κ2) is 6.48. The number of hydrogen-bond acceptors (Lipinski definition) is 3. The van der Waals surface area contributed by atoms with Crippen molar-refractivity contribution in [2.45, 2.75) is 25.8 Å². The number of carboxylic acids is 1. The number of Topliss-reactive ketones (excluding diaryl/α,β-unsaturated/α-hetero) is 1. The topological polar surface area (TPSA) is 57.6 Å². The molecule has 1 aliphatic rings. The predicted octanol–water partition coefficient (Wildman–Crippen LogP) is 1.94. The minimum Gasteiger partial charge on any atom is -0.481 e. The number of carbonyl (C=O) groups is 2. The molecule has 1 N–H and O–H groups in total. The lowest BCUT2D eigenvalue weighted by molar-refractivity contribution is -0.137. The molecule has 2 rings (SSSR count). The van der Waals surface area contributed by atoms with Gasteiger partial charge in [-0.25, -0.2) is 0 Å². The quantitative estimate of drug-likeness (QED) is 0.880. The molecule has 4 heteroatoms. The average molecular weight is 261 g/mol. The number of carbonyl (C=O) groups excluding carboxylic acids is 1. The molecule has 0 spiro atoms. The molecule has 102 valence electrons. The molecule has 0 aromatic heterocycles. The fourth-order valence-electron chi connectivity index (χ4n) is 2.51. The van der Waals surface area contributed by atoms with Crippen LogP contribution >= 0.6 is 0 Å². The van der Waals surface area contributed by atoms with Crippen LogP contribution in [-0.4, -0.2) is 34.8 Å². The van der Waals surface area contributed by atoms with Crippen LogP contribution in [0.1, 0.15) is 24.8 Å². The van der Waals surface area contributed by atoms with Crippen molar-refractivity contribution >= 4 is 11.8 Å². The van der Waals surface area contributed by atoms with Crippen molar-refractivity contribution < 1.29 is 14.7 Å². The van der Waals surface area contributed by atoms with Gasteiger partial charge in [-0.1, -0.05) is 30.3 Å². The van der Waals surface area contributed by atoms with Gasteiger partial charge in [0.05, 0.1) is 0 Å². The van der Waals surface area contributed by atoms with E-state index < -0.39 is 5.97 Å². The van der Waals surface area contributed by atoms with Gasteiger partial charge in [0.2, 0.25) is 0 Å². The van der Waals surface area contributed by atoms with E-state index in [9.17, 15) is 9.59 Å². The first-order valence-corrected chi connectivity index (χ1v) is 6.66. The van der Waals surface area contributed by atoms with Crippen LogP contribution in [-0.2, 0) is 16.1 Å². The van der Waals surface area contributed by atoms with E-state index in [2.05, 4.69) is 17.0 Å². The van der Waals surface area contributed by atoms with E-state index in [4.69, 9.17) is 5.11 Å². The first-order valence-electron chi connectivity index (χ1n) is 6.66. The predicted molar refractivity (Wildman–Crippen MR) is 71.7 cm³/mol.